The molecule has 2 aromatic carbocycles. The zero-order valence-electron chi connectivity index (χ0n) is 12.6. The third-order valence-corrected chi connectivity index (χ3v) is 10.7. The van der Waals surface area contributed by atoms with E-state index >= 15 is 0 Å². The van der Waals surface area contributed by atoms with Crippen LogP contribution in [0, 0.1) is 0 Å². The Morgan fingerprint density at radius 2 is 1.00 bits per heavy atom. The molecule has 0 radical (unpaired) electrons. The molecule has 0 atom stereocenters. The fourth-order valence-electron chi connectivity index (χ4n) is 2.30. The van der Waals surface area contributed by atoms with Gasteiger partial charge in [-0.25, -0.2) is 0 Å². The Hall–Kier alpha value is -0.681. The van der Waals surface area contributed by atoms with Gasteiger partial charge in [0.15, 0.2) is 0 Å². The Kier molecular flexibility index (Phi) is 5.56. The first-order chi connectivity index (χ1) is 12.5. The molecule has 0 unspecified atom stereocenters. The summed E-state index contributed by atoms with van der Waals surface area (Å²) in [6.45, 7) is 0. The van der Waals surface area contributed by atoms with Gasteiger partial charge in [0.1, 0.15) is 0 Å². The summed E-state index contributed by atoms with van der Waals surface area (Å²) in [6, 6.07) is 11.0. The van der Waals surface area contributed by atoms with Crippen LogP contribution in [0.25, 0.3) is 21.8 Å². The van der Waals surface area contributed by atoms with E-state index in [0.29, 0.717) is 10.0 Å². The van der Waals surface area contributed by atoms with Gasteiger partial charge in [0.25, 0.3) is 0 Å². The van der Waals surface area contributed by atoms with E-state index in [0.717, 1.165) is 31.0 Å². The molecule has 4 nitrogen and oxygen atoms in total. The van der Waals surface area contributed by atoms with Crippen molar-refractivity contribution >= 4 is 104 Å². The molecule has 0 aliphatic heterocycles. The van der Waals surface area contributed by atoms with Crippen LogP contribution in [0.5, 0.6) is 0 Å². The van der Waals surface area contributed by atoms with E-state index < -0.39 is 0 Å². The van der Waals surface area contributed by atoms with Crippen molar-refractivity contribution in [3.05, 3.63) is 57.0 Å². The second kappa shape index (κ2) is 7.75. The van der Waals surface area contributed by atoms with Gasteiger partial charge in [-0.2, -0.15) is 0 Å². The van der Waals surface area contributed by atoms with Crippen molar-refractivity contribution < 1.29 is 0 Å². The number of halogens is 4. The monoisotopic (exact) mass is 554 g/mol. The van der Waals surface area contributed by atoms with E-state index in [1.807, 2.05) is 24.3 Å². The number of nitrogens with zero attached hydrogens (tertiary/aromatic N) is 4. The Bertz CT molecular complexity index is 1060. The van der Waals surface area contributed by atoms with Crippen molar-refractivity contribution in [3.8, 4) is 0 Å². The van der Waals surface area contributed by atoms with Crippen LogP contribution in [0.15, 0.2) is 36.4 Å². The van der Waals surface area contributed by atoms with Crippen molar-refractivity contribution in [2.75, 3.05) is 0 Å². The SMILES string of the molecule is Clc1ccc2nc(Cl)nc([Se][Se]c3nc(Cl)nc4ccc(Cl)cc34)c2c1. The molecule has 0 aliphatic carbocycles. The Balaban J connectivity index is 1.76. The average molecular weight is 554 g/mol. The van der Waals surface area contributed by atoms with Crippen LogP contribution in [0.2, 0.25) is 20.6 Å². The van der Waals surface area contributed by atoms with Gasteiger partial charge in [-0.3, -0.25) is 0 Å². The van der Waals surface area contributed by atoms with Crippen molar-refractivity contribution in [2.45, 2.75) is 0 Å². The summed E-state index contributed by atoms with van der Waals surface area (Å²) in [7, 11) is 0. The maximum absolute atomic E-state index is 6.13. The number of benzene rings is 2. The molecule has 130 valence electrons. The molecule has 0 amide bonds. The van der Waals surface area contributed by atoms with Crippen molar-refractivity contribution in [2.24, 2.45) is 0 Å². The number of hydrogen-bond acceptors (Lipinski definition) is 4. The van der Waals surface area contributed by atoms with Crippen molar-refractivity contribution in [1.29, 1.82) is 0 Å². The van der Waals surface area contributed by atoms with E-state index in [2.05, 4.69) is 19.9 Å². The van der Waals surface area contributed by atoms with E-state index in [1.54, 1.807) is 12.1 Å². The summed E-state index contributed by atoms with van der Waals surface area (Å²) in [5.74, 6) is 0. The summed E-state index contributed by atoms with van der Waals surface area (Å²) in [6.07, 6.45) is 0. The molecule has 0 saturated carbocycles. The van der Waals surface area contributed by atoms with E-state index in [1.165, 1.54) is 0 Å². The normalized spacial score (nSPS) is 11.4. The van der Waals surface area contributed by atoms with Gasteiger partial charge in [0.2, 0.25) is 0 Å². The molecule has 2 aromatic heterocycles. The van der Waals surface area contributed by atoms with Crippen LogP contribution < -0.4 is 9.18 Å². The molecule has 0 spiro atoms. The van der Waals surface area contributed by atoms with Gasteiger partial charge >= 0.3 is 181 Å². The number of aromatic nitrogens is 4. The second-order valence-electron chi connectivity index (χ2n) is 5.09. The van der Waals surface area contributed by atoms with Crippen LogP contribution in [-0.2, 0) is 0 Å². The first-order valence-corrected chi connectivity index (χ1v) is 14.7. The van der Waals surface area contributed by atoms with Crippen LogP contribution >= 0.6 is 46.4 Å². The van der Waals surface area contributed by atoms with Crippen molar-refractivity contribution in [1.82, 2.24) is 19.9 Å². The minimum atomic E-state index is -0.00452. The number of fused-ring (bicyclic) bond motifs is 2. The number of rotatable bonds is 3. The summed E-state index contributed by atoms with van der Waals surface area (Å²) in [5.41, 5.74) is 1.55. The van der Waals surface area contributed by atoms with Gasteiger partial charge in [-0.1, -0.05) is 0 Å². The van der Waals surface area contributed by atoms with Crippen LogP contribution in [0.4, 0.5) is 0 Å². The fourth-order valence-corrected chi connectivity index (χ4v) is 9.62. The quantitative estimate of drug-likeness (QED) is 0.288. The summed E-state index contributed by atoms with van der Waals surface area (Å²) < 4.78 is 1.78. The summed E-state index contributed by atoms with van der Waals surface area (Å²) in [4.78, 5) is 17.3. The molecule has 0 aliphatic rings. The average Bonchev–Trinajstić information content (AvgIpc) is 2.60. The minimum absolute atomic E-state index is 0.00452. The predicted molar refractivity (Wildman–Crippen MR) is 110 cm³/mol. The molecule has 0 N–H and O–H groups in total. The molecule has 10 heteroatoms. The topological polar surface area (TPSA) is 51.6 Å². The molecule has 2 heterocycles. The molecule has 0 bridgehead atoms. The maximum atomic E-state index is 6.13. The van der Waals surface area contributed by atoms with E-state index in [4.69, 9.17) is 46.4 Å². The third-order valence-electron chi connectivity index (χ3n) is 3.39. The molecule has 4 rings (SSSR count). The van der Waals surface area contributed by atoms with Crippen molar-refractivity contribution in [3.63, 3.8) is 0 Å². The molecule has 4 aromatic rings. The van der Waals surface area contributed by atoms with Gasteiger partial charge in [-0.15, -0.1) is 0 Å². The zero-order chi connectivity index (χ0) is 18.3. The fraction of sp³-hybridized carbons (Fsp3) is 0. The zero-order valence-corrected chi connectivity index (χ0v) is 19.0. The first-order valence-electron chi connectivity index (χ1n) is 7.10. The Labute approximate surface area is 179 Å². The van der Waals surface area contributed by atoms with Gasteiger partial charge in [-0.05, 0) is 0 Å². The molecule has 26 heavy (non-hydrogen) atoms. The van der Waals surface area contributed by atoms with Gasteiger partial charge in [0, 0.05) is 0 Å². The van der Waals surface area contributed by atoms with E-state index in [9.17, 15) is 0 Å². The standard InChI is InChI=1S/C16H6Cl4N4Se2/c17-7-1-3-11-9(5-7)13(23-15(19)21-11)25-26-14-10-6-8(18)2-4-12(10)22-16(20)24-14/h1-6H. The predicted octanol–water partition coefficient (Wildman–Crippen LogP) is 3.46. The van der Waals surface area contributed by atoms with Crippen LogP contribution in [0.3, 0.4) is 0 Å². The van der Waals surface area contributed by atoms with Crippen LogP contribution in [0.1, 0.15) is 0 Å². The van der Waals surface area contributed by atoms with Gasteiger partial charge < -0.3 is 0 Å². The molecular formula is C16H6Cl4N4Se2. The number of hydrogen-bond donors (Lipinski definition) is 0. The molecular weight excluding hydrogens is 548 g/mol. The summed E-state index contributed by atoms with van der Waals surface area (Å²) in [5, 5.41) is 3.53. The van der Waals surface area contributed by atoms with Crippen LogP contribution in [-0.4, -0.2) is 46.2 Å². The molecule has 0 fully saturated rings. The first kappa shape index (κ1) is 18.7. The van der Waals surface area contributed by atoms with Gasteiger partial charge in [0.05, 0.1) is 0 Å². The Morgan fingerprint density at radius 3 is 1.42 bits per heavy atom. The van der Waals surface area contributed by atoms with E-state index in [-0.39, 0.29) is 36.8 Å². The Morgan fingerprint density at radius 1 is 0.577 bits per heavy atom. The second-order valence-corrected chi connectivity index (χ2v) is 12.6. The molecule has 0 saturated heterocycles. The summed E-state index contributed by atoms with van der Waals surface area (Å²) >= 11 is 24.4. The third kappa shape index (κ3) is 3.94.